The summed E-state index contributed by atoms with van der Waals surface area (Å²) in [6, 6.07) is 10.4. The Bertz CT molecular complexity index is 601. The first kappa shape index (κ1) is 12.4. The van der Waals surface area contributed by atoms with Crippen LogP contribution in [0.2, 0.25) is 0 Å². The number of nitrogens with one attached hydrogen (secondary N) is 1. The standard InChI is InChI=1S/C13H16N4OS/c1-16(11-7-8-18-9-11)12-14-15-13(19)17(12)10-5-3-2-4-6-10/h2-6,11H,7-9H2,1H3,(H,15,19). The Morgan fingerprint density at radius 3 is 2.89 bits per heavy atom. The number of hydrogen-bond acceptors (Lipinski definition) is 4. The Kier molecular flexibility index (Phi) is 3.35. The van der Waals surface area contributed by atoms with E-state index in [-0.39, 0.29) is 0 Å². The molecule has 0 radical (unpaired) electrons. The molecular formula is C13H16N4OS. The summed E-state index contributed by atoms with van der Waals surface area (Å²) in [5.74, 6) is 0.826. The van der Waals surface area contributed by atoms with Crippen LogP contribution in [-0.4, -0.2) is 41.1 Å². The van der Waals surface area contributed by atoms with Crippen molar-refractivity contribution in [2.75, 3.05) is 25.2 Å². The molecule has 0 saturated carbocycles. The van der Waals surface area contributed by atoms with Crippen molar-refractivity contribution >= 4 is 18.2 Å². The maximum Gasteiger partial charge on any atom is 0.230 e. The highest BCUT2D eigenvalue weighted by molar-refractivity contribution is 7.71. The van der Waals surface area contributed by atoms with Crippen molar-refractivity contribution < 1.29 is 4.74 Å². The first-order chi connectivity index (χ1) is 9.27. The Morgan fingerprint density at radius 2 is 2.21 bits per heavy atom. The third-order valence-electron chi connectivity index (χ3n) is 3.44. The second-order valence-corrected chi connectivity index (χ2v) is 5.01. The maximum atomic E-state index is 5.44. The first-order valence-corrected chi connectivity index (χ1v) is 6.71. The van der Waals surface area contributed by atoms with Crippen molar-refractivity contribution in [1.29, 1.82) is 0 Å². The SMILES string of the molecule is CN(c1n[nH]c(=S)n1-c1ccccc1)C1CCOC1. The summed E-state index contributed by atoms with van der Waals surface area (Å²) in [7, 11) is 2.03. The van der Waals surface area contributed by atoms with Crippen LogP contribution in [0.5, 0.6) is 0 Å². The van der Waals surface area contributed by atoms with Crippen LogP contribution in [0.4, 0.5) is 5.95 Å². The molecule has 0 aliphatic carbocycles. The van der Waals surface area contributed by atoms with Crippen LogP contribution in [-0.2, 0) is 4.74 Å². The Balaban J connectivity index is 2.01. The van der Waals surface area contributed by atoms with Crippen LogP contribution in [0.25, 0.3) is 5.69 Å². The predicted octanol–water partition coefficient (Wildman–Crippen LogP) is 2.15. The average molecular weight is 276 g/mol. The number of benzene rings is 1. The van der Waals surface area contributed by atoms with E-state index in [1.165, 1.54) is 0 Å². The van der Waals surface area contributed by atoms with Gasteiger partial charge in [0, 0.05) is 13.7 Å². The lowest BCUT2D eigenvalue weighted by Gasteiger charge is -2.24. The summed E-state index contributed by atoms with van der Waals surface area (Å²) in [5, 5.41) is 7.23. The average Bonchev–Trinajstić information content (AvgIpc) is 3.08. The molecule has 6 heteroatoms. The smallest absolute Gasteiger partial charge is 0.230 e. The highest BCUT2D eigenvalue weighted by atomic mass is 32.1. The third kappa shape index (κ3) is 2.29. The van der Waals surface area contributed by atoms with Crippen molar-refractivity contribution in [3.63, 3.8) is 0 Å². The van der Waals surface area contributed by atoms with Crippen molar-refractivity contribution in [3.05, 3.63) is 35.1 Å². The van der Waals surface area contributed by atoms with Crippen molar-refractivity contribution in [2.45, 2.75) is 12.5 Å². The summed E-state index contributed by atoms with van der Waals surface area (Å²) in [4.78, 5) is 2.13. The van der Waals surface area contributed by atoms with Gasteiger partial charge >= 0.3 is 0 Å². The zero-order chi connectivity index (χ0) is 13.2. The molecule has 2 heterocycles. The number of rotatable bonds is 3. The number of aromatic nitrogens is 3. The van der Waals surface area contributed by atoms with E-state index in [0.29, 0.717) is 10.8 Å². The molecule has 1 saturated heterocycles. The minimum absolute atomic E-state index is 0.354. The zero-order valence-electron chi connectivity index (χ0n) is 10.7. The highest BCUT2D eigenvalue weighted by Gasteiger charge is 2.24. The molecule has 1 aromatic heterocycles. The van der Waals surface area contributed by atoms with Crippen LogP contribution < -0.4 is 4.90 Å². The molecule has 100 valence electrons. The summed E-state index contributed by atoms with van der Waals surface area (Å²) >= 11 is 5.34. The van der Waals surface area contributed by atoms with Gasteiger partial charge in [-0.2, -0.15) is 0 Å². The van der Waals surface area contributed by atoms with Gasteiger partial charge in [-0.3, -0.25) is 4.57 Å². The Hall–Kier alpha value is -1.66. The Morgan fingerprint density at radius 1 is 1.42 bits per heavy atom. The van der Waals surface area contributed by atoms with Gasteiger partial charge in [-0.25, -0.2) is 5.10 Å². The van der Waals surface area contributed by atoms with Crippen LogP contribution in [0.3, 0.4) is 0 Å². The molecule has 2 aromatic rings. The van der Waals surface area contributed by atoms with Gasteiger partial charge < -0.3 is 9.64 Å². The lowest BCUT2D eigenvalue weighted by Crippen LogP contribution is -2.33. The summed E-state index contributed by atoms with van der Waals surface area (Å²) in [5.41, 5.74) is 1.02. The highest BCUT2D eigenvalue weighted by Crippen LogP contribution is 2.21. The fraction of sp³-hybridized carbons (Fsp3) is 0.385. The number of hydrogen-bond donors (Lipinski definition) is 1. The van der Waals surface area contributed by atoms with E-state index in [1.54, 1.807) is 0 Å². The number of likely N-dealkylation sites (N-methyl/N-ethyl adjacent to an activating group) is 1. The van der Waals surface area contributed by atoms with E-state index in [2.05, 4.69) is 15.1 Å². The van der Waals surface area contributed by atoms with Gasteiger partial charge in [0.05, 0.1) is 18.3 Å². The normalized spacial score (nSPS) is 18.7. The Labute approximate surface area is 116 Å². The fourth-order valence-corrected chi connectivity index (χ4v) is 2.56. The molecule has 1 aliphatic rings. The predicted molar refractivity (Wildman–Crippen MR) is 76.4 cm³/mol. The van der Waals surface area contributed by atoms with E-state index < -0.39 is 0 Å². The van der Waals surface area contributed by atoms with Crippen LogP contribution >= 0.6 is 12.2 Å². The topological polar surface area (TPSA) is 46.1 Å². The molecule has 1 unspecified atom stereocenters. The van der Waals surface area contributed by atoms with Crippen molar-refractivity contribution in [2.24, 2.45) is 0 Å². The van der Waals surface area contributed by atoms with E-state index in [4.69, 9.17) is 17.0 Å². The number of aromatic amines is 1. The van der Waals surface area contributed by atoms with Crippen molar-refractivity contribution in [3.8, 4) is 5.69 Å². The van der Waals surface area contributed by atoms with E-state index in [0.717, 1.165) is 31.3 Å². The van der Waals surface area contributed by atoms with E-state index >= 15 is 0 Å². The molecule has 1 aromatic carbocycles. The minimum Gasteiger partial charge on any atom is -0.379 e. The molecule has 19 heavy (non-hydrogen) atoms. The summed E-state index contributed by atoms with van der Waals surface area (Å²) in [6.07, 6.45) is 1.02. The number of anilines is 1. The summed E-state index contributed by atoms with van der Waals surface area (Å²) in [6.45, 7) is 1.55. The quantitative estimate of drug-likeness (QED) is 0.873. The molecule has 5 nitrogen and oxygen atoms in total. The molecule has 1 N–H and O–H groups in total. The summed E-state index contributed by atoms with van der Waals surface area (Å²) < 4.78 is 7.99. The van der Waals surface area contributed by atoms with Gasteiger partial charge in [-0.05, 0) is 30.8 Å². The van der Waals surface area contributed by atoms with Gasteiger partial charge in [0.1, 0.15) is 0 Å². The molecule has 1 fully saturated rings. The molecule has 1 aliphatic heterocycles. The van der Waals surface area contributed by atoms with Gasteiger partial charge in [-0.15, -0.1) is 5.10 Å². The molecule has 0 spiro atoms. The monoisotopic (exact) mass is 276 g/mol. The molecule has 0 bridgehead atoms. The lowest BCUT2D eigenvalue weighted by atomic mass is 10.2. The van der Waals surface area contributed by atoms with E-state index in [1.807, 2.05) is 41.9 Å². The van der Waals surface area contributed by atoms with Crippen LogP contribution in [0, 0.1) is 4.77 Å². The number of para-hydroxylation sites is 1. The largest absolute Gasteiger partial charge is 0.379 e. The van der Waals surface area contributed by atoms with Gasteiger partial charge in [-0.1, -0.05) is 18.2 Å². The van der Waals surface area contributed by atoms with E-state index in [9.17, 15) is 0 Å². The number of ether oxygens (including phenoxy) is 1. The fourth-order valence-electron chi connectivity index (χ4n) is 2.33. The first-order valence-electron chi connectivity index (χ1n) is 6.31. The minimum atomic E-state index is 0.354. The van der Waals surface area contributed by atoms with Gasteiger partial charge in [0.2, 0.25) is 10.7 Å². The second kappa shape index (κ2) is 5.14. The van der Waals surface area contributed by atoms with Gasteiger partial charge in [0.25, 0.3) is 0 Å². The molecule has 1 atom stereocenters. The molecule has 0 amide bonds. The zero-order valence-corrected chi connectivity index (χ0v) is 11.6. The number of nitrogens with zero attached hydrogens (tertiary/aromatic N) is 3. The molecular weight excluding hydrogens is 260 g/mol. The lowest BCUT2D eigenvalue weighted by molar-refractivity contribution is 0.193. The van der Waals surface area contributed by atoms with Crippen molar-refractivity contribution in [1.82, 2.24) is 14.8 Å². The van der Waals surface area contributed by atoms with Crippen LogP contribution in [0.1, 0.15) is 6.42 Å². The van der Waals surface area contributed by atoms with Gasteiger partial charge in [0.15, 0.2) is 0 Å². The molecule has 3 rings (SSSR count). The van der Waals surface area contributed by atoms with Crippen LogP contribution in [0.15, 0.2) is 30.3 Å². The maximum absolute atomic E-state index is 5.44. The second-order valence-electron chi connectivity index (χ2n) is 4.63. The third-order valence-corrected chi connectivity index (χ3v) is 3.71. The number of H-pyrrole nitrogens is 1.